The number of rotatable bonds is 3. The van der Waals surface area contributed by atoms with Gasteiger partial charge >= 0.3 is 0 Å². The average Bonchev–Trinajstić information content (AvgIpc) is 3.28. The molecule has 0 saturated heterocycles. The third kappa shape index (κ3) is 3.69. The Morgan fingerprint density at radius 3 is 1.27 bits per heavy atom. The third-order valence-electron chi connectivity index (χ3n) is 6.25. The monoisotopic (exact) mass is 532 g/mol. The maximum absolute atomic E-state index is 9.72. The quantitative estimate of drug-likeness (QED) is 0.198. The van der Waals surface area contributed by atoms with Crippen LogP contribution in [-0.4, -0.2) is 0 Å². The van der Waals surface area contributed by atoms with Crippen LogP contribution in [0.25, 0.3) is 76.5 Å². The molecular formula is C40H26. The van der Waals surface area contributed by atoms with Crippen LogP contribution in [-0.2, 0) is 0 Å². The third-order valence-corrected chi connectivity index (χ3v) is 6.25. The second kappa shape index (κ2) is 9.22. The Bertz CT molecular complexity index is 3540. The minimum Gasteiger partial charge on any atom is -0.0622 e. The fourth-order valence-electron chi connectivity index (χ4n) is 4.53. The van der Waals surface area contributed by atoms with Crippen molar-refractivity contribution < 1.29 is 35.6 Å². The predicted octanol–water partition coefficient (Wildman–Crippen LogP) is 11.3. The molecule has 0 N–H and O–H groups in total. The molecule has 0 heterocycles. The van der Waals surface area contributed by atoms with Gasteiger partial charge in [0.1, 0.15) is 0 Å². The molecule has 0 aromatic heterocycles. The van der Waals surface area contributed by atoms with E-state index in [0.717, 1.165) is 0 Å². The van der Waals surface area contributed by atoms with Crippen molar-refractivity contribution in [2.24, 2.45) is 0 Å². The molecule has 0 nitrogen and oxygen atoms in total. The molecule has 0 atom stereocenters. The molecule has 0 aliphatic heterocycles. The van der Waals surface area contributed by atoms with Crippen LogP contribution in [0.4, 0.5) is 0 Å². The second-order valence-electron chi connectivity index (χ2n) is 8.50. The molecule has 40 heavy (non-hydrogen) atoms. The van der Waals surface area contributed by atoms with Crippen LogP contribution in [0.1, 0.15) is 35.6 Å². The molecule has 0 aliphatic rings. The van der Waals surface area contributed by atoms with Crippen molar-refractivity contribution >= 4 is 43.1 Å². The Labute approximate surface area is 270 Å². The minimum absolute atomic E-state index is 0.527. The molecule has 0 fully saturated rings. The Kier molecular flexibility index (Phi) is 1.99. The molecule has 0 bridgehead atoms. The minimum atomic E-state index is -1.01. The zero-order valence-electron chi connectivity index (χ0n) is 46.0. The van der Waals surface area contributed by atoms with Gasteiger partial charge in [-0.15, -0.1) is 0 Å². The summed E-state index contributed by atoms with van der Waals surface area (Å²) in [4.78, 5) is 0. The summed E-state index contributed by atoms with van der Waals surface area (Å²) in [6.45, 7) is 0. The van der Waals surface area contributed by atoms with E-state index in [9.17, 15) is 11.0 Å². The van der Waals surface area contributed by atoms with Crippen molar-refractivity contribution in [1.82, 2.24) is 0 Å². The lowest BCUT2D eigenvalue weighted by Gasteiger charge is -2.18. The summed E-state index contributed by atoms with van der Waals surface area (Å²) in [6.07, 6.45) is 0. The van der Waals surface area contributed by atoms with Gasteiger partial charge in [0, 0.05) is 0 Å². The molecule has 8 aromatic rings. The maximum atomic E-state index is 9.72. The lowest BCUT2D eigenvalue weighted by molar-refractivity contribution is 1.65. The first-order chi connectivity index (χ1) is 30.7. The Morgan fingerprint density at radius 1 is 0.275 bits per heavy atom. The van der Waals surface area contributed by atoms with E-state index in [1.165, 1.54) is 0 Å². The van der Waals surface area contributed by atoms with Crippen LogP contribution < -0.4 is 0 Å². The van der Waals surface area contributed by atoms with Gasteiger partial charge in [-0.25, -0.2) is 0 Å². The first-order valence-electron chi connectivity index (χ1n) is 24.8. The van der Waals surface area contributed by atoms with Crippen molar-refractivity contribution in [2.45, 2.75) is 0 Å². The van der Waals surface area contributed by atoms with Gasteiger partial charge in [0.15, 0.2) is 0 Å². The maximum Gasteiger partial charge on any atom is 0.0636 e. The van der Waals surface area contributed by atoms with Crippen LogP contribution in [0.5, 0.6) is 0 Å². The summed E-state index contributed by atoms with van der Waals surface area (Å²) in [6, 6.07) is -23.8. The van der Waals surface area contributed by atoms with Crippen LogP contribution in [0.3, 0.4) is 0 Å². The van der Waals surface area contributed by atoms with Crippen LogP contribution >= 0.6 is 0 Å². The molecule has 186 valence electrons. The molecule has 0 saturated carbocycles. The zero-order chi connectivity index (χ0) is 49.1. The smallest absolute Gasteiger partial charge is 0.0622 e. The van der Waals surface area contributed by atoms with E-state index in [0.29, 0.717) is 0 Å². The Balaban J connectivity index is 1.69. The molecule has 0 amide bonds. The van der Waals surface area contributed by atoms with E-state index in [4.69, 9.17) is 24.7 Å². The van der Waals surface area contributed by atoms with Crippen LogP contribution in [0, 0.1) is 0 Å². The summed E-state index contributed by atoms with van der Waals surface area (Å²) in [7, 11) is 0. The molecular weight excluding hydrogens is 480 g/mol. The topological polar surface area (TPSA) is 0 Å². The number of hydrogen-bond acceptors (Lipinski definition) is 0. The Hall–Kier alpha value is -5.20. The highest BCUT2D eigenvalue weighted by Gasteiger charge is 2.16. The summed E-state index contributed by atoms with van der Waals surface area (Å²) in [5, 5.41) is -5.33. The van der Waals surface area contributed by atoms with E-state index < -0.39 is 234 Å². The van der Waals surface area contributed by atoms with Gasteiger partial charge in [-0.1, -0.05) is 139 Å². The molecule has 8 aromatic carbocycles. The molecule has 0 unspecified atom stereocenters. The molecule has 0 radical (unpaired) electrons. The lowest BCUT2D eigenvalue weighted by Crippen LogP contribution is -1.90. The van der Waals surface area contributed by atoms with Crippen molar-refractivity contribution in [2.75, 3.05) is 0 Å². The Morgan fingerprint density at radius 2 is 0.675 bits per heavy atom. The van der Waals surface area contributed by atoms with Gasteiger partial charge in [-0.05, 0) is 94.6 Å². The van der Waals surface area contributed by atoms with Gasteiger partial charge in [0.25, 0.3) is 0 Å². The van der Waals surface area contributed by atoms with Crippen molar-refractivity contribution in [3.05, 3.63) is 157 Å². The summed E-state index contributed by atoms with van der Waals surface area (Å²) >= 11 is 0. The number of fused-ring (bicyclic) bond motifs is 4. The standard InChI is InChI=1S/C40H26/c1-2-11-29(12-3-1)39-35-14-6-8-16-37(35)40(38-17-9-7-15-36(38)39)33-23-20-28-19-22-32(25-34(28)26-33)31-21-18-27-10-4-5-13-30(27)24-31/h1-26H/i1D,2D,3D,4D,5D,6D,7D,8D,9D,10D,11D,12D,13D,14D,15D,16D,17D,18D,19D,20D,21D,22D,23D,24D,25D,26D. The highest BCUT2D eigenvalue weighted by atomic mass is 14.2. The van der Waals surface area contributed by atoms with E-state index in [2.05, 4.69) is 0 Å². The summed E-state index contributed by atoms with van der Waals surface area (Å²) < 4.78 is 230. The van der Waals surface area contributed by atoms with Crippen LogP contribution in [0.2, 0.25) is 0 Å². The molecule has 8 rings (SSSR count). The van der Waals surface area contributed by atoms with E-state index in [1.807, 2.05) is 0 Å². The molecule has 0 aliphatic carbocycles. The fourth-order valence-corrected chi connectivity index (χ4v) is 4.53. The summed E-state index contributed by atoms with van der Waals surface area (Å²) in [5.41, 5.74) is -4.47. The number of benzene rings is 8. The van der Waals surface area contributed by atoms with Gasteiger partial charge in [0.2, 0.25) is 0 Å². The van der Waals surface area contributed by atoms with Crippen molar-refractivity contribution in [1.29, 1.82) is 0 Å². The molecule has 0 spiro atoms. The van der Waals surface area contributed by atoms with Gasteiger partial charge in [-0.3, -0.25) is 0 Å². The molecule has 0 heteroatoms. The van der Waals surface area contributed by atoms with Gasteiger partial charge in [-0.2, -0.15) is 0 Å². The van der Waals surface area contributed by atoms with E-state index in [1.54, 1.807) is 0 Å². The summed E-state index contributed by atoms with van der Waals surface area (Å²) in [5.74, 6) is 0. The highest BCUT2D eigenvalue weighted by molar-refractivity contribution is 6.21. The first kappa shape index (κ1) is 8.65. The number of hydrogen-bond donors (Lipinski definition) is 0. The normalized spacial score (nSPS) is 20.6. The largest absolute Gasteiger partial charge is 0.0636 e. The van der Waals surface area contributed by atoms with Crippen molar-refractivity contribution in [3.63, 3.8) is 0 Å². The predicted molar refractivity (Wildman–Crippen MR) is 173 cm³/mol. The SMILES string of the molecule is [2H]c1c([2H])c([2H])c(-c2c3c([2H])c([2H])c([2H])c([2H])c3c(-c3c([2H])c([2H])c4c([2H])c([2H])c(-c5c([2H])c([2H])c6c([2H])c([2H])c([2H])c([2H])c6c5[2H])c([2H])c4c3[2H])c3c([2H])c([2H])c([2H])c([2H])c23)c([2H])c1[2H]. The fraction of sp³-hybridized carbons (Fsp3) is 0. The van der Waals surface area contributed by atoms with E-state index >= 15 is 0 Å². The second-order valence-corrected chi connectivity index (χ2v) is 8.50. The van der Waals surface area contributed by atoms with Gasteiger partial charge in [0.05, 0.1) is 35.6 Å². The average molecular weight is 533 g/mol. The van der Waals surface area contributed by atoms with E-state index in [-0.39, 0.29) is 0 Å². The zero-order valence-corrected chi connectivity index (χ0v) is 20.0. The lowest BCUT2D eigenvalue weighted by atomic mass is 9.85. The highest BCUT2D eigenvalue weighted by Crippen LogP contribution is 2.44. The van der Waals surface area contributed by atoms with Crippen molar-refractivity contribution in [3.8, 4) is 33.4 Å². The van der Waals surface area contributed by atoms with Gasteiger partial charge < -0.3 is 0 Å². The van der Waals surface area contributed by atoms with Crippen LogP contribution in [0.15, 0.2) is 157 Å². The first-order valence-corrected chi connectivity index (χ1v) is 11.8.